The molecule has 4 nitrogen and oxygen atoms in total. The number of aromatic nitrogens is 1. The van der Waals surface area contributed by atoms with Crippen LogP contribution < -0.4 is 19.5 Å². The summed E-state index contributed by atoms with van der Waals surface area (Å²) in [5.74, 6) is 0.774. The summed E-state index contributed by atoms with van der Waals surface area (Å²) in [6.45, 7) is 6.11. The monoisotopic (exact) mass is 407 g/mol. The first-order valence-corrected chi connectivity index (χ1v) is 10.3. The summed E-state index contributed by atoms with van der Waals surface area (Å²) in [5, 5.41) is 0. The van der Waals surface area contributed by atoms with Crippen LogP contribution in [0.1, 0.15) is 31.9 Å². The van der Waals surface area contributed by atoms with Crippen LogP contribution in [0.2, 0.25) is 0 Å². The van der Waals surface area contributed by atoms with E-state index in [0.29, 0.717) is 15.8 Å². The van der Waals surface area contributed by atoms with Gasteiger partial charge in [0.05, 0.1) is 4.53 Å². The Morgan fingerprint density at radius 2 is 1.72 bits per heavy atom. The Kier molecular flexibility index (Phi) is 6.18. The third kappa shape index (κ3) is 5.33. The van der Waals surface area contributed by atoms with Crippen LogP contribution in [0.3, 0.4) is 0 Å². The molecule has 5 heteroatoms. The molecule has 0 N–H and O–H groups in total. The molecule has 0 aliphatic heterocycles. The fourth-order valence-electron chi connectivity index (χ4n) is 2.59. The summed E-state index contributed by atoms with van der Waals surface area (Å²) in [6, 6.07) is 17.6. The summed E-state index contributed by atoms with van der Waals surface area (Å²) >= 11 is 1.32. The molecule has 0 atom stereocenters. The van der Waals surface area contributed by atoms with E-state index >= 15 is 0 Å². The molecule has 0 spiro atoms. The number of ketones is 1. The number of Topliss-reactive ketones (excluding diaryl/α,β-unsaturated/α-hetero) is 1. The molecule has 150 valence electrons. The van der Waals surface area contributed by atoms with Crippen LogP contribution in [0.15, 0.2) is 59.4 Å². The van der Waals surface area contributed by atoms with Gasteiger partial charge >= 0.3 is 0 Å². The average Bonchev–Trinajstić information content (AvgIpc) is 2.95. The Balaban J connectivity index is 1.82. The number of rotatable bonds is 5. The van der Waals surface area contributed by atoms with Crippen molar-refractivity contribution >= 4 is 29.3 Å². The molecule has 0 bridgehead atoms. The predicted octanol–water partition coefficient (Wildman–Crippen LogP) is 3.25. The van der Waals surface area contributed by atoms with Gasteiger partial charge in [0.2, 0.25) is 0 Å². The van der Waals surface area contributed by atoms with Crippen LogP contribution in [0.25, 0.3) is 12.2 Å². The van der Waals surface area contributed by atoms with Gasteiger partial charge in [-0.15, -0.1) is 11.3 Å². The number of hydrogen-bond acceptors (Lipinski definition) is 4. The third-order valence-corrected chi connectivity index (χ3v) is 5.59. The van der Waals surface area contributed by atoms with Crippen LogP contribution in [0, 0.1) is 5.41 Å². The fourth-order valence-corrected chi connectivity index (χ4v) is 3.62. The predicted molar refractivity (Wildman–Crippen MR) is 119 cm³/mol. The minimum Gasteiger partial charge on any atom is -0.489 e. The van der Waals surface area contributed by atoms with Crippen molar-refractivity contribution < 1.29 is 9.53 Å². The normalized spacial score (nSPS) is 13.0. The van der Waals surface area contributed by atoms with Gasteiger partial charge in [0.15, 0.2) is 5.78 Å². The maximum absolute atomic E-state index is 12.5. The van der Waals surface area contributed by atoms with Gasteiger partial charge in [0.25, 0.3) is 5.56 Å². The topological polar surface area (TPSA) is 48.3 Å². The van der Waals surface area contributed by atoms with Crippen LogP contribution in [-0.4, -0.2) is 10.4 Å². The van der Waals surface area contributed by atoms with Crippen molar-refractivity contribution in [2.45, 2.75) is 27.4 Å². The van der Waals surface area contributed by atoms with E-state index in [-0.39, 0.29) is 11.3 Å². The average molecular weight is 408 g/mol. The van der Waals surface area contributed by atoms with Crippen molar-refractivity contribution in [3.63, 3.8) is 0 Å². The summed E-state index contributed by atoms with van der Waals surface area (Å²) in [5.41, 5.74) is 1.44. The van der Waals surface area contributed by atoms with Gasteiger partial charge in [-0.3, -0.25) is 9.59 Å². The summed E-state index contributed by atoms with van der Waals surface area (Å²) in [4.78, 5) is 24.8. The van der Waals surface area contributed by atoms with E-state index < -0.39 is 5.41 Å². The SMILES string of the molecule is Cn1c(=O)/c(=C\c2ccc(OCc3ccccc3)cc2)s/c1=C\C(=O)C(C)(C)C. The Bertz CT molecular complexity index is 1160. The van der Waals surface area contributed by atoms with Gasteiger partial charge in [-0.2, -0.15) is 0 Å². The highest BCUT2D eigenvalue weighted by Gasteiger charge is 2.19. The van der Waals surface area contributed by atoms with E-state index in [1.165, 1.54) is 15.9 Å². The molecule has 0 aliphatic carbocycles. The molecule has 3 aromatic rings. The molecule has 1 aromatic heterocycles. The molecule has 0 amide bonds. The molecular weight excluding hydrogens is 382 g/mol. The van der Waals surface area contributed by atoms with E-state index in [0.717, 1.165) is 16.9 Å². The van der Waals surface area contributed by atoms with Gasteiger partial charge in [-0.1, -0.05) is 63.2 Å². The molecule has 1 heterocycles. The standard InChI is InChI=1S/C24H25NO3S/c1-24(2,3)21(26)15-22-25(4)23(27)20(29-22)14-17-10-12-19(13-11-17)28-16-18-8-6-5-7-9-18/h5-15H,16H2,1-4H3/b20-14+,22-15-. The van der Waals surface area contributed by atoms with E-state index in [1.807, 2.05) is 81.4 Å². The van der Waals surface area contributed by atoms with Crippen LogP contribution in [0.4, 0.5) is 0 Å². The number of hydrogen-bond donors (Lipinski definition) is 0. The second-order valence-corrected chi connectivity index (χ2v) is 8.98. The second-order valence-electron chi connectivity index (χ2n) is 7.91. The van der Waals surface area contributed by atoms with Crippen molar-refractivity contribution in [3.05, 3.63) is 85.3 Å². The first-order chi connectivity index (χ1) is 13.7. The second kappa shape index (κ2) is 8.62. The largest absolute Gasteiger partial charge is 0.489 e. The molecular formula is C24H25NO3S. The van der Waals surface area contributed by atoms with Crippen LogP contribution in [0.5, 0.6) is 5.75 Å². The van der Waals surface area contributed by atoms with Gasteiger partial charge < -0.3 is 9.30 Å². The summed E-state index contributed by atoms with van der Waals surface area (Å²) < 4.78 is 8.58. The lowest BCUT2D eigenvalue weighted by Gasteiger charge is -2.12. The first-order valence-electron chi connectivity index (χ1n) is 9.44. The van der Waals surface area contributed by atoms with Crippen molar-refractivity contribution in [2.75, 3.05) is 0 Å². The van der Waals surface area contributed by atoms with Crippen molar-refractivity contribution in [1.82, 2.24) is 4.57 Å². The number of benzene rings is 2. The highest BCUT2D eigenvalue weighted by molar-refractivity contribution is 7.07. The van der Waals surface area contributed by atoms with Gasteiger partial charge in [-0.25, -0.2) is 0 Å². The Hall–Kier alpha value is -2.92. The Morgan fingerprint density at radius 3 is 2.34 bits per heavy atom. The van der Waals surface area contributed by atoms with E-state index in [9.17, 15) is 9.59 Å². The molecule has 3 rings (SSSR count). The lowest BCUT2D eigenvalue weighted by Crippen LogP contribution is -2.30. The third-order valence-electron chi connectivity index (χ3n) is 4.48. The molecule has 29 heavy (non-hydrogen) atoms. The highest BCUT2D eigenvalue weighted by atomic mass is 32.1. The zero-order chi connectivity index (χ0) is 21.0. The smallest absolute Gasteiger partial charge is 0.268 e. The number of carbonyl (C=O) groups is 1. The molecule has 0 radical (unpaired) electrons. The molecule has 0 aliphatic rings. The van der Waals surface area contributed by atoms with Gasteiger partial charge in [-0.05, 0) is 29.3 Å². The quantitative estimate of drug-likeness (QED) is 0.652. The van der Waals surface area contributed by atoms with Crippen molar-refractivity contribution in [1.29, 1.82) is 0 Å². The Labute approximate surface area is 174 Å². The van der Waals surface area contributed by atoms with Crippen molar-refractivity contribution in [2.24, 2.45) is 12.5 Å². The lowest BCUT2D eigenvalue weighted by molar-refractivity contribution is -0.120. The van der Waals surface area contributed by atoms with E-state index in [4.69, 9.17) is 4.74 Å². The van der Waals surface area contributed by atoms with Crippen LogP contribution >= 0.6 is 11.3 Å². The zero-order valence-electron chi connectivity index (χ0n) is 17.1. The lowest BCUT2D eigenvalue weighted by atomic mass is 9.91. The minimum atomic E-state index is -0.473. The van der Waals surface area contributed by atoms with Crippen molar-refractivity contribution in [3.8, 4) is 5.75 Å². The number of thiazole rings is 1. The van der Waals surface area contributed by atoms with E-state index in [2.05, 4.69) is 0 Å². The number of nitrogens with zero attached hydrogens (tertiary/aromatic N) is 1. The van der Waals surface area contributed by atoms with Gasteiger partial charge in [0.1, 0.15) is 17.0 Å². The molecule has 0 unspecified atom stereocenters. The maximum atomic E-state index is 12.5. The number of carbonyl (C=O) groups excluding carboxylic acids is 1. The highest BCUT2D eigenvalue weighted by Crippen LogP contribution is 2.15. The van der Waals surface area contributed by atoms with Crippen LogP contribution in [-0.2, 0) is 18.4 Å². The maximum Gasteiger partial charge on any atom is 0.268 e. The van der Waals surface area contributed by atoms with E-state index in [1.54, 1.807) is 13.1 Å². The van der Waals surface area contributed by atoms with Gasteiger partial charge in [0, 0.05) is 18.5 Å². The summed E-state index contributed by atoms with van der Waals surface area (Å²) in [7, 11) is 1.69. The molecule has 0 saturated carbocycles. The Morgan fingerprint density at radius 1 is 1.07 bits per heavy atom. The number of ether oxygens (including phenoxy) is 1. The zero-order valence-corrected chi connectivity index (χ0v) is 18.0. The summed E-state index contributed by atoms with van der Waals surface area (Å²) in [6.07, 6.45) is 3.40. The minimum absolute atomic E-state index is 0.000757. The fraction of sp³-hybridized carbons (Fsp3) is 0.250. The molecule has 0 saturated heterocycles. The molecule has 2 aromatic carbocycles. The molecule has 0 fully saturated rings. The first kappa shape index (κ1) is 20.8.